The molecule has 1 aromatic carbocycles. The predicted molar refractivity (Wildman–Crippen MR) is 100 cm³/mol. The summed E-state index contributed by atoms with van der Waals surface area (Å²) in [6.45, 7) is 0.481. The van der Waals surface area contributed by atoms with Crippen LogP contribution in [0.4, 0.5) is 4.39 Å². The first kappa shape index (κ1) is 19.0. The van der Waals surface area contributed by atoms with Gasteiger partial charge in [0.05, 0.1) is 17.6 Å². The number of aromatic nitrogens is 2. The molecule has 142 valence electrons. The van der Waals surface area contributed by atoms with E-state index in [0.29, 0.717) is 30.4 Å². The molecule has 0 spiro atoms. The van der Waals surface area contributed by atoms with Crippen molar-refractivity contribution in [3.05, 3.63) is 53.0 Å². The first-order chi connectivity index (χ1) is 13.2. The SMILES string of the molecule is COc1ccc(C(=O)NCCCCCc2nc(-c3cccs3)no2)c(F)c1. The highest BCUT2D eigenvalue weighted by atomic mass is 32.1. The van der Waals surface area contributed by atoms with Gasteiger partial charge in [-0.25, -0.2) is 4.39 Å². The van der Waals surface area contributed by atoms with Gasteiger partial charge in [-0.2, -0.15) is 4.98 Å². The number of halogens is 1. The Morgan fingerprint density at radius 3 is 2.93 bits per heavy atom. The van der Waals surface area contributed by atoms with Crippen molar-refractivity contribution >= 4 is 17.2 Å². The Morgan fingerprint density at radius 1 is 1.30 bits per heavy atom. The van der Waals surface area contributed by atoms with Crippen LogP contribution in [0.2, 0.25) is 0 Å². The van der Waals surface area contributed by atoms with E-state index in [1.165, 1.54) is 19.2 Å². The third-order valence-electron chi connectivity index (χ3n) is 3.98. The third kappa shape index (κ3) is 5.13. The average Bonchev–Trinajstić information content (AvgIpc) is 3.35. The normalized spacial score (nSPS) is 10.7. The summed E-state index contributed by atoms with van der Waals surface area (Å²) in [5, 5.41) is 8.67. The monoisotopic (exact) mass is 389 g/mol. The van der Waals surface area contributed by atoms with E-state index in [0.717, 1.165) is 24.1 Å². The highest BCUT2D eigenvalue weighted by Gasteiger charge is 2.12. The van der Waals surface area contributed by atoms with Crippen LogP contribution in [0.25, 0.3) is 10.7 Å². The minimum Gasteiger partial charge on any atom is -0.497 e. The Hall–Kier alpha value is -2.74. The van der Waals surface area contributed by atoms with Gasteiger partial charge in [0.25, 0.3) is 5.91 Å². The number of unbranched alkanes of at least 4 members (excludes halogenated alkanes) is 2. The van der Waals surface area contributed by atoms with Gasteiger partial charge >= 0.3 is 0 Å². The number of ether oxygens (including phenoxy) is 1. The fourth-order valence-electron chi connectivity index (χ4n) is 2.54. The summed E-state index contributed by atoms with van der Waals surface area (Å²) < 4.78 is 24.0. The van der Waals surface area contributed by atoms with Crippen molar-refractivity contribution in [2.45, 2.75) is 25.7 Å². The van der Waals surface area contributed by atoms with Gasteiger partial charge in [-0.05, 0) is 36.4 Å². The highest BCUT2D eigenvalue weighted by molar-refractivity contribution is 7.13. The quantitative estimate of drug-likeness (QED) is 0.558. The molecule has 2 aromatic heterocycles. The van der Waals surface area contributed by atoms with Crippen molar-refractivity contribution in [3.63, 3.8) is 0 Å². The molecule has 1 amide bonds. The number of thiophene rings is 1. The van der Waals surface area contributed by atoms with E-state index in [1.54, 1.807) is 17.4 Å². The Morgan fingerprint density at radius 2 is 2.19 bits per heavy atom. The molecule has 0 aliphatic carbocycles. The van der Waals surface area contributed by atoms with Crippen molar-refractivity contribution in [1.29, 1.82) is 0 Å². The largest absolute Gasteiger partial charge is 0.497 e. The fraction of sp³-hybridized carbons (Fsp3) is 0.316. The zero-order chi connectivity index (χ0) is 19.1. The Balaban J connectivity index is 1.35. The van der Waals surface area contributed by atoms with E-state index < -0.39 is 11.7 Å². The van der Waals surface area contributed by atoms with Crippen LogP contribution in [0.5, 0.6) is 5.75 Å². The first-order valence-electron chi connectivity index (χ1n) is 8.65. The lowest BCUT2D eigenvalue weighted by molar-refractivity contribution is 0.0949. The lowest BCUT2D eigenvalue weighted by atomic mass is 10.1. The molecule has 27 heavy (non-hydrogen) atoms. The molecule has 8 heteroatoms. The van der Waals surface area contributed by atoms with Gasteiger partial charge in [-0.1, -0.05) is 17.6 Å². The Labute approximate surface area is 160 Å². The number of nitrogens with zero attached hydrogens (tertiary/aromatic N) is 2. The van der Waals surface area contributed by atoms with E-state index in [2.05, 4.69) is 15.5 Å². The molecule has 0 bridgehead atoms. The number of methoxy groups -OCH3 is 1. The molecule has 0 saturated heterocycles. The van der Waals surface area contributed by atoms with Crippen molar-refractivity contribution in [2.75, 3.05) is 13.7 Å². The molecular weight excluding hydrogens is 369 g/mol. The van der Waals surface area contributed by atoms with Crippen LogP contribution >= 0.6 is 11.3 Å². The zero-order valence-electron chi connectivity index (χ0n) is 14.9. The second-order valence-electron chi connectivity index (χ2n) is 5.90. The van der Waals surface area contributed by atoms with Crippen LogP contribution < -0.4 is 10.1 Å². The van der Waals surface area contributed by atoms with Gasteiger partial charge in [0, 0.05) is 19.0 Å². The summed E-state index contributed by atoms with van der Waals surface area (Å²) in [6, 6.07) is 8.08. The minimum atomic E-state index is -0.593. The maximum Gasteiger partial charge on any atom is 0.254 e. The molecule has 3 aromatic rings. The van der Waals surface area contributed by atoms with Crippen molar-refractivity contribution in [2.24, 2.45) is 0 Å². The topological polar surface area (TPSA) is 77.2 Å². The summed E-state index contributed by atoms with van der Waals surface area (Å²) >= 11 is 1.57. The number of amides is 1. The number of benzene rings is 1. The number of nitrogens with one attached hydrogen (secondary N) is 1. The van der Waals surface area contributed by atoms with Crippen LogP contribution in [0.3, 0.4) is 0 Å². The lowest BCUT2D eigenvalue weighted by Gasteiger charge is -2.07. The van der Waals surface area contributed by atoms with Crippen LogP contribution in [-0.4, -0.2) is 29.7 Å². The lowest BCUT2D eigenvalue weighted by Crippen LogP contribution is -2.25. The number of hydrogen-bond acceptors (Lipinski definition) is 6. The maximum absolute atomic E-state index is 13.8. The average molecular weight is 389 g/mol. The standard InChI is InChI=1S/C19H20FN3O3S/c1-25-13-8-9-14(15(20)12-13)19(24)21-10-4-2-3-7-17-22-18(23-26-17)16-6-5-11-27-16/h5-6,8-9,11-12H,2-4,7,10H2,1H3,(H,21,24). The van der Waals surface area contributed by atoms with Crippen molar-refractivity contribution in [1.82, 2.24) is 15.5 Å². The van der Waals surface area contributed by atoms with Crippen molar-refractivity contribution < 1.29 is 18.4 Å². The van der Waals surface area contributed by atoms with Crippen LogP contribution in [0.15, 0.2) is 40.2 Å². The summed E-state index contributed by atoms with van der Waals surface area (Å²) in [4.78, 5) is 17.4. The van der Waals surface area contributed by atoms with Crippen LogP contribution in [0, 0.1) is 5.82 Å². The van der Waals surface area contributed by atoms with E-state index >= 15 is 0 Å². The first-order valence-corrected chi connectivity index (χ1v) is 9.53. The van der Waals surface area contributed by atoms with Gasteiger partial charge in [-0.15, -0.1) is 11.3 Å². The molecular formula is C19H20FN3O3S. The van der Waals surface area contributed by atoms with E-state index in [1.807, 2.05) is 17.5 Å². The van der Waals surface area contributed by atoms with Gasteiger partial charge in [0.1, 0.15) is 11.6 Å². The molecule has 0 fully saturated rings. The molecule has 1 N–H and O–H groups in total. The van der Waals surface area contributed by atoms with Crippen molar-refractivity contribution in [3.8, 4) is 16.5 Å². The molecule has 0 saturated carbocycles. The molecule has 0 unspecified atom stereocenters. The third-order valence-corrected chi connectivity index (χ3v) is 4.85. The number of hydrogen-bond donors (Lipinski definition) is 1. The molecule has 0 aliphatic heterocycles. The predicted octanol–water partition coefficient (Wildman–Crippen LogP) is 4.09. The number of carbonyl (C=O) groups is 1. The van der Waals surface area contributed by atoms with Gasteiger partial charge in [-0.3, -0.25) is 4.79 Å². The summed E-state index contributed by atoms with van der Waals surface area (Å²) in [5.74, 6) is 0.598. The van der Waals surface area contributed by atoms with Gasteiger partial charge < -0.3 is 14.6 Å². The highest BCUT2D eigenvalue weighted by Crippen LogP contribution is 2.21. The van der Waals surface area contributed by atoms with E-state index in [-0.39, 0.29) is 5.56 Å². The number of carbonyl (C=O) groups excluding carboxylic acids is 1. The van der Waals surface area contributed by atoms with Gasteiger partial charge in [0.15, 0.2) is 0 Å². The minimum absolute atomic E-state index is 0.0165. The van der Waals surface area contributed by atoms with Crippen LogP contribution in [0.1, 0.15) is 35.5 Å². The van der Waals surface area contributed by atoms with Gasteiger partial charge in [0.2, 0.25) is 11.7 Å². The fourth-order valence-corrected chi connectivity index (χ4v) is 3.19. The molecule has 0 aliphatic rings. The second-order valence-corrected chi connectivity index (χ2v) is 6.85. The molecule has 6 nitrogen and oxygen atoms in total. The number of rotatable bonds is 9. The summed E-state index contributed by atoms with van der Waals surface area (Å²) in [7, 11) is 1.45. The van der Waals surface area contributed by atoms with E-state index in [9.17, 15) is 9.18 Å². The van der Waals surface area contributed by atoms with E-state index in [4.69, 9.17) is 9.26 Å². The Bertz CT molecular complexity index is 880. The number of aryl methyl sites for hydroxylation is 1. The maximum atomic E-state index is 13.8. The van der Waals surface area contributed by atoms with Crippen LogP contribution in [-0.2, 0) is 6.42 Å². The molecule has 2 heterocycles. The molecule has 0 atom stereocenters. The second kappa shape index (κ2) is 9.27. The Kier molecular flexibility index (Phi) is 6.54. The summed E-state index contributed by atoms with van der Waals surface area (Å²) in [6.07, 6.45) is 3.25. The summed E-state index contributed by atoms with van der Waals surface area (Å²) in [5.41, 5.74) is 0.0165. The molecule has 0 radical (unpaired) electrons. The smallest absolute Gasteiger partial charge is 0.254 e. The zero-order valence-corrected chi connectivity index (χ0v) is 15.7. The molecule has 3 rings (SSSR count).